The van der Waals surface area contributed by atoms with E-state index in [4.69, 9.17) is 5.26 Å². The molecule has 1 aromatic carbocycles. The van der Waals surface area contributed by atoms with E-state index in [2.05, 4.69) is 20.9 Å². The lowest BCUT2D eigenvalue weighted by Crippen LogP contribution is -2.31. The highest BCUT2D eigenvalue weighted by atomic mass is 16.2. The van der Waals surface area contributed by atoms with E-state index in [1.54, 1.807) is 12.1 Å². The van der Waals surface area contributed by atoms with Crippen LogP contribution >= 0.6 is 0 Å². The summed E-state index contributed by atoms with van der Waals surface area (Å²) in [4.78, 5) is 25.4. The number of nitriles is 1. The van der Waals surface area contributed by atoms with E-state index in [0.717, 1.165) is 36.7 Å². The van der Waals surface area contributed by atoms with Gasteiger partial charge in [-0.25, -0.2) is 9.97 Å². The van der Waals surface area contributed by atoms with Gasteiger partial charge >= 0.3 is 0 Å². The molecule has 2 fully saturated rings. The SMILES string of the molecule is Cc1cnc(N2CCC3(CC(=O)N(c4ccc(C#N)cc4)C3)C2)nc1. The summed E-state index contributed by atoms with van der Waals surface area (Å²) < 4.78 is 0. The lowest BCUT2D eigenvalue weighted by Gasteiger charge is -2.24. The first kappa shape index (κ1) is 15.6. The van der Waals surface area contributed by atoms with Crippen LogP contribution < -0.4 is 9.80 Å². The number of anilines is 2. The van der Waals surface area contributed by atoms with Gasteiger partial charge < -0.3 is 9.80 Å². The van der Waals surface area contributed by atoms with Crippen molar-refractivity contribution in [1.29, 1.82) is 5.26 Å². The Morgan fingerprint density at radius 1 is 1.16 bits per heavy atom. The molecular formula is C19H19N5O. The van der Waals surface area contributed by atoms with Crippen LogP contribution in [0.2, 0.25) is 0 Å². The Kier molecular flexibility index (Phi) is 3.65. The van der Waals surface area contributed by atoms with Crippen molar-refractivity contribution in [1.82, 2.24) is 9.97 Å². The van der Waals surface area contributed by atoms with E-state index < -0.39 is 0 Å². The van der Waals surface area contributed by atoms with Gasteiger partial charge in [-0.2, -0.15) is 5.26 Å². The molecule has 1 aromatic heterocycles. The molecule has 1 spiro atoms. The van der Waals surface area contributed by atoms with E-state index in [0.29, 0.717) is 18.5 Å². The maximum atomic E-state index is 12.6. The Morgan fingerprint density at radius 3 is 2.56 bits per heavy atom. The first-order valence-corrected chi connectivity index (χ1v) is 8.43. The quantitative estimate of drug-likeness (QED) is 0.843. The number of carbonyl (C=O) groups excluding carboxylic acids is 1. The van der Waals surface area contributed by atoms with Crippen LogP contribution in [0.3, 0.4) is 0 Å². The van der Waals surface area contributed by atoms with E-state index in [9.17, 15) is 4.79 Å². The van der Waals surface area contributed by atoms with Crippen LogP contribution in [0.25, 0.3) is 0 Å². The average Bonchev–Trinajstić information content (AvgIpc) is 3.19. The molecule has 3 heterocycles. The number of hydrogen-bond donors (Lipinski definition) is 0. The number of rotatable bonds is 2. The number of aryl methyl sites for hydroxylation is 1. The minimum Gasteiger partial charge on any atom is -0.340 e. The molecule has 126 valence electrons. The molecule has 0 bridgehead atoms. The molecule has 2 aliphatic rings. The summed E-state index contributed by atoms with van der Waals surface area (Å²) >= 11 is 0. The highest BCUT2D eigenvalue weighted by molar-refractivity contribution is 5.96. The zero-order valence-corrected chi connectivity index (χ0v) is 14.1. The third-order valence-corrected chi connectivity index (χ3v) is 5.12. The highest BCUT2D eigenvalue weighted by Gasteiger charge is 2.48. The van der Waals surface area contributed by atoms with Gasteiger partial charge in [0.05, 0.1) is 11.6 Å². The predicted octanol–water partition coefficient (Wildman–Crippen LogP) is 2.29. The fourth-order valence-corrected chi connectivity index (χ4v) is 3.78. The summed E-state index contributed by atoms with van der Waals surface area (Å²) in [6.07, 6.45) is 5.17. The molecule has 4 rings (SSSR count). The van der Waals surface area contributed by atoms with Crippen LogP contribution in [0.1, 0.15) is 24.0 Å². The lowest BCUT2D eigenvalue weighted by molar-refractivity contribution is -0.117. The first-order valence-electron chi connectivity index (χ1n) is 8.43. The van der Waals surface area contributed by atoms with E-state index in [1.165, 1.54) is 0 Å². The molecule has 2 saturated heterocycles. The largest absolute Gasteiger partial charge is 0.340 e. The molecule has 1 atom stereocenters. The topological polar surface area (TPSA) is 73.1 Å². The first-order chi connectivity index (χ1) is 12.1. The summed E-state index contributed by atoms with van der Waals surface area (Å²) in [5, 5.41) is 8.92. The molecule has 0 aliphatic carbocycles. The second-order valence-electron chi connectivity index (χ2n) is 7.05. The Hall–Kier alpha value is -2.94. The molecule has 1 amide bonds. The summed E-state index contributed by atoms with van der Waals surface area (Å²) in [7, 11) is 0. The van der Waals surface area contributed by atoms with Crippen LogP contribution in [-0.2, 0) is 4.79 Å². The molecule has 0 radical (unpaired) electrons. The van der Waals surface area contributed by atoms with Gasteiger partial charge in [0.25, 0.3) is 0 Å². The van der Waals surface area contributed by atoms with Crippen molar-refractivity contribution in [2.24, 2.45) is 5.41 Å². The van der Waals surface area contributed by atoms with Gasteiger partial charge in [-0.3, -0.25) is 4.79 Å². The average molecular weight is 333 g/mol. The predicted molar refractivity (Wildman–Crippen MR) is 94.2 cm³/mol. The Bertz CT molecular complexity index is 840. The zero-order valence-electron chi connectivity index (χ0n) is 14.1. The van der Waals surface area contributed by atoms with E-state index in [1.807, 2.05) is 36.4 Å². The van der Waals surface area contributed by atoms with Crippen molar-refractivity contribution in [3.05, 3.63) is 47.8 Å². The Morgan fingerprint density at radius 2 is 1.88 bits per heavy atom. The summed E-state index contributed by atoms with van der Waals surface area (Å²) in [6, 6.07) is 9.33. The maximum Gasteiger partial charge on any atom is 0.227 e. The molecule has 1 unspecified atom stereocenters. The number of nitrogens with zero attached hydrogens (tertiary/aromatic N) is 5. The monoisotopic (exact) mass is 333 g/mol. The van der Waals surface area contributed by atoms with Crippen molar-refractivity contribution >= 4 is 17.5 Å². The smallest absolute Gasteiger partial charge is 0.227 e. The van der Waals surface area contributed by atoms with Crippen LogP contribution in [0, 0.1) is 23.7 Å². The van der Waals surface area contributed by atoms with Crippen LogP contribution in [-0.4, -0.2) is 35.5 Å². The number of aromatic nitrogens is 2. The summed E-state index contributed by atoms with van der Waals surface area (Å²) in [6.45, 7) is 4.35. The van der Waals surface area contributed by atoms with Gasteiger partial charge in [0.15, 0.2) is 0 Å². The van der Waals surface area contributed by atoms with Crippen molar-refractivity contribution in [3.63, 3.8) is 0 Å². The highest BCUT2D eigenvalue weighted by Crippen LogP contribution is 2.42. The minimum atomic E-state index is -0.0424. The molecule has 2 aliphatic heterocycles. The molecule has 0 saturated carbocycles. The van der Waals surface area contributed by atoms with Crippen molar-refractivity contribution in [3.8, 4) is 6.07 Å². The minimum absolute atomic E-state index is 0.0424. The third-order valence-electron chi connectivity index (χ3n) is 5.12. The third kappa shape index (κ3) is 2.82. The zero-order chi connectivity index (χ0) is 17.4. The van der Waals surface area contributed by atoms with E-state index >= 15 is 0 Å². The van der Waals surface area contributed by atoms with Crippen molar-refractivity contribution in [2.75, 3.05) is 29.4 Å². The number of carbonyl (C=O) groups is 1. The molecular weight excluding hydrogens is 314 g/mol. The number of benzene rings is 1. The van der Waals surface area contributed by atoms with Gasteiger partial charge in [0, 0.05) is 49.6 Å². The standard InChI is InChI=1S/C19H19N5O/c1-14-10-21-18(22-11-14)23-7-6-19(12-23)8-17(25)24(13-19)16-4-2-15(9-20)3-5-16/h2-5,10-11H,6-8,12-13H2,1H3. The van der Waals surface area contributed by atoms with Gasteiger partial charge in [0.2, 0.25) is 11.9 Å². The summed E-state index contributed by atoms with van der Waals surface area (Å²) in [5.74, 6) is 0.892. The molecule has 6 heteroatoms. The van der Waals surface area contributed by atoms with Gasteiger partial charge in [-0.1, -0.05) is 0 Å². The maximum absolute atomic E-state index is 12.6. The Balaban J connectivity index is 1.51. The van der Waals surface area contributed by atoms with Crippen molar-refractivity contribution in [2.45, 2.75) is 19.8 Å². The van der Waals surface area contributed by atoms with Gasteiger partial charge in [0.1, 0.15) is 0 Å². The number of hydrogen-bond acceptors (Lipinski definition) is 5. The second-order valence-corrected chi connectivity index (χ2v) is 7.05. The van der Waals surface area contributed by atoms with Gasteiger partial charge in [-0.15, -0.1) is 0 Å². The summed E-state index contributed by atoms with van der Waals surface area (Å²) in [5.41, 5.74) is 2.47. The molecule has 25 heavy (non-hydrogen) atoms. The molecule has 0 N–H and O–H groups in total. The van der Waals surface area contributed by atoms with Gasteiger partial charge in [-0.05, 0) is 43.2 Å². The second kappa shape index (κ2) is 5.85. The molecule has 6 nitrogen and oxygen atoms in total. The number of amides is 1. The van der Waals surface area contributed by atoms with Crippen LogP contribution in [0.5, 0.6) is 0 Å². The Labute approximate surface area is 146 Å². The lowest BCUT2D eigenvalue weighted by atomic mass is 9.86. The van der Waals surface area contributed by atoms with Crippen molar-refractivity contribution < 1.29 is 4.79 Å². The van der Waals surface area contributed by atoms with Crippen LogP contribution in [0.15, 0.2) is 36.7 Å². The molecule has 2 aromatic rings. The fraction of sp³-hybridized carbons (Fsp3) is 0.368. The van der Waals surface area contributed by atoms with Crippen LogP contribution in [0.4, 0.5) is 11.6 Å². The van der Waals surface area contributed by atoms with E-state index in [-0.39, 0.29) is 11.3 Å². The fourth-order valence-electron chi connectivity index (χ4n) is 3.78. The normalized spacial score (nSPS) is 22.6.